The Morgan fingerprint density at radius 3 is 2.57 bits per heavy atom. The van der Waals surface area contributed by atoms with Crippen molar-refractivity contribution in [3.05, 3.63) is 45.8 Å². The Labute approximate surface area is 170 Å². The Morgan fingerprint density at radius 2 is 1.86 bits per heavy atom. The number of carbonyl (C=O) groups is 2. The lowest BCUT2D eigenvalue weighted by molar-refractivity contribution is -0.117. The molecule has 0 atom stereocenters. The number of ketones is 1. The number of benzene rings is 1. The molecule has 0 aliphatic heterocycles. The van der Waals surface area contributed by atoms with E-state index in [1.165, 1.54) is 4.88 Å². The van der Waals surface area contributed by atoms with Gasteiger partial charge in [-0.1, -0.05) is 26.0 Å². The molecule has 1 N–H and O–H groups in total. The maximum absolute atomic E-state index is 13.5. The van der Waals surface area contributed by atoms with Gasteiger partial charge in [-0.25, -0.2) is 0 Å². The highest BCUT2D eigenvalue weighted by atomic mass is 32.1. The molecule has 0 fully saturated rings. The van der Waals surface area contributed by atoms with Crippen LogP contribution in [0.3, 0.4) is 0 Å². The first-order valence-electron chi connectivity index (χ1n) is 9.93. The second-order valence-electron chi connectivity index (χ2n) is 6.95. The highest BCUT2D eigenvalue weighted by Gasteiger charge is 2.28. The van der Waals surface area contributed by atoms with Crippen LogP contribution >= 0.6 is 11.3 Å². The van der Waals surface area contributed by atoms with E-state index in [2.05, 4.69) is 10.2 Å². The molecule has 150 valence electrons. The van der Waals surface area contributed by atoms with Crippen LogP contribution in [0.15, 0.2) is 24.3 Å². The van der Waals surface area contributed by atoms with E-state index in [1.807, 2.05) is 26.0 Å². The van der Waals surface area contributed by atoms with Gasteiger partial charge in [-0.3, -0.25) is 14.5 Å². The van der Waals surface area contributed by atoms with Crippen molar-refractivity contribution in [2.45, 2.75) is 39.5 Å². The number of para-hydroxylation sites is 1. The molecule has 6 heteroatoms. The quantitative estimate of drug-likeness (QED) is 0.677. The van der Waals surface area contributed by atoms with Crippen molar-refractivity contribution in [3.63, 3.8) is 0 Å². The van der Waals surface area contributed by atoms with E-state index in [-0.39, 0.29) is 11.7 Å². The van der Waals surface area contributed by atoms with Crippen LogP contribution in [-0.4, -0.2) is 43.3 Å². The summed E-state index contributed by atoms with van der Waals surface area (Å²) in [5, 5.41) is 3.71. The summed E-state index contributed by atoms with van der Waals surface area (Å²) in [6.07, 6.45) is 4.05. The SMILES string of the molecule is CCN(CC)CC(=O)Nc1sc2c(c1C(=O)c1ccccc1OC)CCCC2. The number of carbonyl (C=O) groups excluding carboxylic acids is 2. The molecule has 28 heavy (non-hydrogen) atoms. The lowest BCUT2D eigenvalue weighted by atomic mass is 9.91. The molecule has 0 unspecified atom stereocenters. The van der Waals surface area contributed by atoms with Crippen molar-refractivity contribution in [1.29, 1.82) is 0 Å². The molecular formula is C22H28N2O3S. The number of methoxy groups -OCH3 is 1. The van der Waals surface area contributed by atoms with Gasteiger partial charge in [0, 0.05) is 4.88 Å². The minimum absolute atomic E-state index is 0.0728. The fourth-order valence-corrected chi connectivity index (χ4v) is 4.98. The van der Waals surface area contributed by atoms with Gasteiger partial charge in [-0.15, -0.1) is 11.3 Å². The Morgan fingerprint density at radius 1 is 1.14 bits per heavy atom. The Kier molecular flexibility index (Phi) is 6.86. The Hall–Kier alpha value is -2.18. The van der Waals surface area contributed by atoms with Crippen molar-refractivity contribution in [3.8, 4) is 5.75 Å². The second kappa shape index (κ2) is 9.34. The molecule has 1 heterocycles. The summed E-state index contributed by atoms with van der Waals surface area (Å²) in [5.74, 6) is 0.412. The van der Waals surface area contributed by atoms with Crippen molar-refractivity contribution in [1.82, 2.24) is 4.90 Å². The van der Waals surface area contributed by atoms with Crippen LogP contribution in [0.25, 0.3) is 0 Å². The fraction of sp³-hybridized carbons (Fsp3) is 0.455. The second-order valence-corrected chi connectivity index (χ2v) is 8.06. The van der Waals surface area contributed by atoms with E-state index < -0.39 is 0 Å². The summed E-state index contributed by atoms with van der Waals surface area (Å²) in [5.41, 5.74) is 2.29. The lowest BCUT2D eigenvalue weighted by Crippen LogP contribution is -2.33. The van der Waals surface area contributed by atoms with Crippen LogP contribution in [-0.2, 0) is 17.6 Å². The number of fused-ring (bicyclic) bond motifs is 1. The lowest BCUT2D eigenvalue weighted by Gasteiger charge is -2.17. The molecular weight excluding hydrogens is 372 g/mol. The highest BCUT2D eigenvalue weighted by Crippen LogP contribution is 2.40. The van der Waals surface area contributed by atoms with Gasteiger partial charge in [-0.2, -0.15) is 0 Å². The largest absolute Gasteiger partial charge is 0.496 e. The standard InChI is InChI=1S/C22H28N2O3S/c1-4-24(5-2)14-19(25)23-22-20(16-11-7-9-13-18(16)28-22)21(26)15-10-6-8-12-17(15)27-3/h6,8,10,12H,4-5,7,9,11,13-14H2,1-3H3,(H,23,25). The first kappa shape index (κ1) is 20.6. The number of amides is 1. The molecule has 5 nitrogen and oxygen atoms in total. The zero-order valence-electron chi connectivity index (χ0n) is 16.8. The molecule has 0 saturated heterocycles. The summed E-state index contributed by atoms with van der Waals surface area (Å²) in [6.45, 7) is 6.04. The Balaban J connectivity index is 1.96. The van der Waals surface area contributed by atoms with E-state index >= 15 is 0 Å². The first-order valence-corrected chi connectivity index (χ1v) is 10.7. The van der Waals surface area contributed by atoms with Crippen molar-refractivity contribution < 1.29 is 14.3 Å². The molecule has 0 spiro atoms. The van der Waals surface area contributed by atoms with Gasteiger partial charge in [0.2, 0.25) is 5.91 Å². The number of likely N-dealkylation sites (N-methyl/N-ethyl adjacent to an activating group) is 1. The molecule has 0 saturated carbocycles. The average molecular weight is 401 g/mol. The van der Waals surface area contributed by atoms with Gasteiger partial charge in [0.05, 0.1) is 24.8 Å². The molecule has 0 radical (unpaired) electrons. The highest BCUT2D eigenvalue weighted by molar-refractivity contribution is 7.17. The van der Waals surface area contributed by atoms with E-state index in [1.54, 1.807) is 30.6 Å². The number of anilines is 1. The van der Waals surface area contributed by atoms with Gasteiger partial charge in [0.15, 0.2) is 5.78 Å². The Bertz CT molecular complexity index is 855. The molecule has 1 aliphatic carbocycles. The maximum Gasteiger partial charge on any atom is 0.239 e. The van der Waals surface area contributed by atoms with Gasteiger partial charge in [-0.05, 0) is 56.5 Å². The zero-order valence-corrected chi connectivity index (χ0v) is 17.7. The number of nitrogens with zero attached hydrogens (tertiary/aromatic N) is 1. The minimum atomic E-state index is -0.0741. The molecule has 2 aromatic rings. The number of ether oxygens (including phenoxy) is 1. The fourth-order valence-electron chi connectivity index (χ4n) is 3.68. The molecule has 1 aliphatic rings. The smallest absolute Gasteiger partial charge is 0.239 e. The van der Waals surface area contributed by atoms with Crippen molar-refractivity contribution in [2.24, 2.45) is 0 Å². The summed E-state index contributed by atoms with van der Waals surface area (Å²) in [6, 6.07) is 7.28. The van der Waals surface area contributed by atoms with Crippen molar-refractivity contribution >= 4 is 28.0 Å². The topological polar surface area (TPSA) is 58.6 Å². The third-order valence-electron chi connectivity index (χ3n) is 5.26. The third-order valence-corrected chi connectivity index (χ3v) is 6.47. The van der Waals surface area contributed by atoms with Crippen LogP contribution in [0.4, 0.5) is 5.00 Å². The predicted molar refractivity (Wildman–Crippen MR) is 114 cm³/mol. The van der Waals surface area contributed by atoms with Crippen LogP contribution < -0.4 is 10.1 Å². The normalized spacial score (nSPS) is 13.3. The number of nitrogens with one attached hydrogen (secondary N) is 1. The number of hydrogen-bond acceptors (Lipinski definition) is 5. The molecule has 1 aromatic heterocycles. The van der Waals surface area contributed by atoms with E-state index in [0.717, 1.165) is 44.3 Å². The number of thiophene rings is 1. The minimum Gasteiger partial charge on any atom is -0.496 e. The zero-order chi connectivity index (χ0) is 20.1. The van der Waals surface area contributed by atoms with Gasteiger partial charge in [0.25, 0.3) is 0 Å². The summed E-state index contributed by atoms with van der Waals surface area (Å²) < 4.78 is 5.40. The molecule has 1 amide bonds. The summed E-state index contributed by atoms with van der Waals surface area (Å²) in [4.78, 5) is 29.4. The van der Waals surface area contributed by atoms with E-state index in [9.17, 15) is 9.59 Å². The number of rotatable bonds is 8. The van der Waals surface area contributed by atoms with Crippen LogP contribution in [0.2, 0.25) is 0 Å². The summed E-state index contributed by atoms with van der Waals surface area (Å²) in [7, 11) is 1.57. The monoisotopic (exact) mass is 400 g/mol. The van der Waals surface area contributed by atoms with Gasteiger partial charge in [0.1, 0.15) is 10.8 Å². The van der Waals surface area contributed by atoms with Gasteiger partial charge < -0.3 is 10.1 Å². The summed E-state index contributed by atoms with van der Waals surface area (Å²) >= 11 is 1.56. The van der Waals surface area contributed by atoms with E-state index in [4.69, 9.17) is 4.74 Å². The molecule has 0 bridgehead atoms. The third kappa shape index (κ3) is 4.28. The average Bonchev–Trinajstić information content (AvgIpc) is 3.08. The predicted octanol–water partition coefficient (Wildman–Crippen LogP) is 4.15. The molecule has 1 aromatic carbocycles. The first-order chi connectivity index (χ1) is 13.6. The van der Waals surface area contributed by atoms with Crippen LogP contribution in [0, 0.1) is 0 Å². The molecule has 3 rings (SSSR count). The number of aryl methyl sites for hydroxylation is 1. The van der Waals surface area contributed by atoms with Crippen LogP contribution in [0.1, 0.15) is 53.1 Å². The van der Waals surface area contributed by atoms with Crippen LogP contribution in [0.5, 0.6) is 5.75 Å². The maximum atomic E-state index is 13.5. The van der Waals surface area contributed by atoms with E-state index in [0.29, 0.717) is 28.4 Å². The van der Waals surface area contributed by atoms with Gasteiger partial charge >= 0.3 is 0 Å². The number of hydrogen-bond donors (Lipinski definition) is 1. The van der Waals surface area contributed by atoms with Crippen molar-refractivity contribution in [2.75, 3.05) is 32.1 Å².